The highest BCUT2D eigenvalue weighted by Crippen LogP contribution is 2.40. The fraction of sp³-hybridized carbons (Fsp3) is 0.350. The van der Waals surface area contributed by atoms with Crippen LogP contribution in [0.5, 0.6) is 11.5 Å². The smallest absolute Gasteiger partial charge is 0.260 e. The number of nitrogens with two attached hydrogens (primary N) is 1. The maximum atomic E-state index is 14.1. The van der Waals surface area contributed by atoms with Crippen LogP contribution in [0.2, 0.25) is 0 Å². The molecule has 2 aromatic carbocycles. The number of primary sulfonamides is 1. The molecule has 1 fully saturated rings. The summed E-state index contributed by atoms with van der Waals surface area (Å²) in [6, 6.07) is 9.22. The lowest BCUT2D eigenvalue weighted by Gasteiger charge is -2.41. The molecule has 8 nitrogen and oxygen atoms in total. The summed E-state index contributed by atoms with van der Waals surface area (Å²) < 4.78 is 45.2. The number of carbonyl (C=O) groups is 1. The number of ether oxygens (including phenoxy) is 1. The molecule has 0 radical (unpaired) electrons. The van der Waals surface area contributed by atoms with Gasteiger partial charge in [-0.1, -0.05) is 18.2 Å². The molecule has 0 aromatic heterocycles. The van der Waals surface area contributed by atoms with Crippen LogP contribution in [0.15, 0.2) is 42.5 Å². The second-order valence-electron chi connectivity index (χ2n) is 7.12. The van der Waals surface area contributed by atoms with Crippen LogP contribution in [0, 0.1) is 11.7 Å². The predicted molar refractivity (Wildman–Crippen MR) is 109 cm³/mol. The molecule has 30 heavy (non-hydrogen) atoms. The van der Waals surface area contributed by atoms with Gasteiger partial charge < -0.3 is 20.5 Å². The molecule has 3 rings (SSSR count). The molecule has 1 aliphatic heterocycles. The maximum Gasteiger partial charge on any atom is 0.260 e. The molecular weight excluding hydrogens is 413 g/mol. The van der Waals surface area contributed by atoms with Crippen molar-refractivity contribution in [3.63, 3.8) is 0 Å². The molecule has 162 valence electrons. The number of aromatic hydroxyl groups is 1. The summed E-state index contributed by atoms with van der Waals surface area (Å²) in [5.41, 5.74) is -0.224. The van der Waals surface area contributed by atoms with E-state index in [1.807, 2.05) is 0 Å². The Labute approximate surface area is 174 Å². The van der Waals surface area contributed by atoms with E-state index in [2.05, 4.69) is 10.6 Å². The van der Waals surface area contributed by atoms with Gasteiger partial charge in [-0.15, -0.1) is 0 Å². The largest absolute Gasteiger partial charge is 0.507 e. The lowest BCUT2D eigenvalue weighted by Crippen LogP contribution is -2.60. The van der Waals surface area contributed by atoms with Gasteiger partial charge in [0.1, 0.15) is 22.9 Å². The minimum absolute atomic E-state index is 0.0136. The Hall–Kier alpha value is -2.69. The number of rotatable bonds is 6. The number of amides is 1. The summed E-state index contributed by atoms with van der Waals surface area (Å²) in [4.78, 5) is 11.1. The molecule has 0 spiro atoms. The van der Waals surface area contributed by atoms with Gasteiger partial charge in [-0.25, -0.2) is 17.9 Å². The van der Waals surface area contributed by atoms with Crippen molar-refractivity contribution in [2.75, 3.05) is 20.2 Å². The molecule has 1 saturated heterocycles. The normalized spacial score (nSPS) is 17.2. The first-order chi connectivity index (χ1) is 14.2. The number of hydrogen-bond acceptors (Lipinski definition) is 6. The van der Waals surface area contributed by atoms with Crippen molar-refractivity contribution >= 4 is 15.9 Å². The summed E-state index contributed by atoms with van der Waals surface area (Å²) >= 11 is 0. The molecule has 1 heterocycles. The van der Waals surface area contributed by atoms with Crippen LogP contribution < -0.4 is 20.5 Å². The number of piperidine rings is 1. The van der Waals surface area contributed by atoms with E-state index in [4.69, 9.17) is 9.88 Å². The Balaban J connectivity index is 2.20. The first kappa shape index (κ1) is 22.0. The molecule has 0 aliphatic carbocycles. The number of methoxy groups -OCH3 is 1. The highest BCUT2D eigenvalue weighted by molar-refractivity contribution is 7.90. The van der Waals surface area contributed by atoms with E-state index in [-0.39, 0.29) is 22.6 Å². The van der Waals surface area contributed by atoms with Crippen LogP contribution in [-0.2, 0) is 14.9 Å². The Bertz CT molecular complexity index is 1040. The van der Waals surface area contributed by atoms with Gasteiger partial charge in [-0.2, -0.15) is 0 Å². The Morgan fingerprint density at radius 2 is 1.93 bits per heavy atom. The van der Waals surface area contributed by atoms with Gasteiger partial charge in [0.15, 0.2) is 4.87 Å². The monoisotopic (exact) mass is 437 g/mol. The van der Waals surface area contributed by atoms with Crippen molar-refractivity contribution in [2.45, 2.75) is 17.7 Å². The zero-order valence-electron chi connectivity index (χ0n) is 16.4. The van der Waals surface area contributed by atoms with Gasteiger partial charge >= 0.3 is 0 Å². The quantitative estimate of drug-likeness (QED) is 0.541. The number of halogens is 1. The van der Waals surface area contributed by atoms with Crippen LogP contribution in [0.3, 0.4) is 0 Å². The number of benzene rings is 2. The van der Waals surface area contributed by atoms with Crippen LogP contribution >= 0.6 is 0 Å². The molecule has 5 N–H and O–H groups in total. The maximum absolute atomic E-state index is 14.1. The number of nitrogens with one attached hydrogen (secondary N) is 2. The summed E-state index contributed by atoms with van der Waals surface area (Å²) in [5, 5.41) is 21.6. The minimum Gasteiger partial charge on any atom is -0.507 e. The van der Waals surface area contributed by atoms with Crippen molar-refractivity contribution in [1.29, 1.82) is 0 Å². The van der Waals surface area contributed by atoms with Gasteiger partial charge in [0.25, 0.3) is 5.91 Å². The first-order valence-electron chi connectivity index (χ1n) is 9.38. The van der Waals surface area contributed by atoms with Crippen LogP contribution in [0.4, 0.5) is 4.39 Å². The average molecular weight is 437 g/mol. The standard InChI is InChI=1S/C20H24FN3O5S/c1-29-17-7-3-6-16(25)18(17)19(26)24-20(30(22,27)28,13-8-10-23-11-9-13)14-4-2-5-15(21)12-14/h2-7,12-13,23,25H,8-11H2,1H3,(H,24,26)(H2,22,27,28). The fourth-order valence-corrected chi connectivity index (χ4v) is 5.37. The van der Waals surface area contributed by atoms with Crippen molar-refractivity contribution in [2.24, 2.45) is 11.1 Å². The molecule has 1 aliphatic rings. The predicted octanol–water partition coefficient (Wildman–Crippen LogP) is 1.41. The van der Waals surface area contributed by atoms with E-state index in [0.29, 0.717) is 25.9 Å². The minimum atomic E-state index is -4.48. The van der Waals surface area contributed by atoms with E-state index in [0.717, 1.165) is 6.07 Å². The zero-order chi connectivity index (χ0) is 21.9. The van der Waals surface area contributed by atoms with Crippen LogP contribution in [0.25, 0.3) is 0 Å². The Kier molecular flexibility index (Phi) is 6.30. The van der Waals surface area contributed by atoms with Crippen molar-refractivity contribution in [1.82, 2.24) is 10.6 Å². The fourth-order valence-electron chi connectivity index (χ4n) is 3.97. The van der Waals surface area contributed by atoms with Gasteiger partial charge in [0.2, 0.25) is 10.0 Å². The van der Waals surface area contributed by atoms with Gasteiger partial charge in [0, 0.05) is 5.92 Å². The number of phenolic OH excluding ortho intramolecular Hbond substituents is 1. The SMILES string of the molecule is COc1cccc(O)c1C(=O)NC(c1cccc(F)c1)(C1CCNCC1)S(N)(=O)=O. The lowest BCUT2D eigenvalue weighted by atomic mass is 9.84. The third-order valence-electron chi connectivity index (χ3n) is 5.37. The van der Waals surface area contributed by atoms with Gasteiger partial charge in [0.05, 0.1) is 7.11 Å². The summed E-state index contributed by atoms with van der Waals surface area (Å²) in [5.74, 6) is -2.53. The molecule has 2 aromatic rings. The summed E-state index contributed by atoms with van der Waals surface area (Å²) in [7, 11) is -3.16. The molecule has 10 heteroatoms. The van der Waals surface area contributed by atoms with E-state index in [1.54, 1.807) is 0 Å². The number of phenols is 1. The zero-order valence-corrected chi connectivity index (χ0v) is 17.2. The van der Waals surface area contributed by atoms with E-state index >= 15 is 0 Å². The number of sulfonamides is 1. The third-order valence-corrected chi connectivity index (χ3v) is 6.94. The van der Waals surface area contributed by atoms with Crippen molar-refractivity contribution in [3.05, 3.63) is 59.4 Å². The molecule has 0 bridgehead atoms. The Morgan fingerprint density at radius 3 is 2.53 bits per heavy atom. The van der Waals surface area contributed by atoms with Crippen molar-refractivity contribution < 1.29 is 27.4 Å². The second kappa shape index (κ2) is 8.58. The lowest BCUT2D eigenvalue weighted by molar-refractivity contribution is 0.0884. The van der Waals surface area contributed by atoms with E-state index in [9.17, 15) is 22.7 Å². The second-order valence-corrected chi connectivity index (χ2v) is 8.86. The number of hydrogen-bond donors (Lipinski definition) is 4. The third kappa shape index (κ3) is 3.98. The van der Waals surface area contributed by atoms with Gasteiger partial charge in [-0.3, -0.25) is 4.79 Å². The van der Waals surface area contributed by atoms with Gasteiger partial charge in [-0.05, 0) is 55.8 Å². The first-order valence-corrected chi connectivity index (χ1v) is 10.9. The Morgan fingerprint density at radius 1 is 1.27 bits per heavy atom. The van der Waals surface area contributed by atoms with Crippen LogP contribution in [-0.4, -0.2) is 39.6 Å². The highest BCUT2D eigenvalue weighted by Gasteiger charge is 2.52. The summed E-state index contributed by atoms with van der Waals surface area (Å²) in [6.45, 7) is 1.01. The molecule has 1 unspecified atom stereocenters. The van der Waals surface area contributed by atoms with Crippen molar-refractivity contribution in [3.8, 4) is 11.5 Å². The van der Waals surface area contributed by atoms with E-state index in [1.165, 1.54) is 43.5 Å². The molecule has 1 atom stereocenters. The molecule has 1 amide bonds. The highest BCUT2D eigenvalue weighted by atomic mass is 32.2. The molecular formula is C20H24FN3O5S. The average Bonchev–Trinajstić information content (AvgIpc) is 2.71. The number of carbonyl (C=O) groups excluding carboxylic acids is 1. The topological polar surface area (TPSA) is 131 Å². The van der Waals surface area contributed by atoms with E-state index < -0.39 is 32.5 Å². The van der Waals surface area contributed by atoms with Crippen LogP contribution in [0.1, 0.15) is 28.8 Å². The summed E-state index contributed by atoms with van der Waals surface area (Å²) in [6.07, 6.45) is 0.760. The molecule has 0 saturated carbocycles.